The Bertz CT molecular complexity index is 961. The fraction of sp³-hybridized carbons (Fsp3) is 0.522. The second-order valence-corrected chi connectivity index (χ2v) is 8.16. The lowest BCUT2D eigenvalue weighted by atomic mass is 9.74. The van der Waals surface area contributed by atoms with Crippen LogP contribution >= 0.6 is 0 Å². The minimum atomic E-state index is -0.876. The van der Waals surface area contributed by atoms with E-state index in [0.29, 0.717) is 11.5 Å². The summed E-state index contributed by atoms with van der Waals surface area (Å²) in [5.74, 6) is 0.328. The summed E-state index contributed by atoms with van der Waals surface area (Å²) < 4.78 is 13.1. The SMILES string of the molecule is CC[C@@H]1CN2CCc3c(n(C)c4cccc(OC)c34)[C@@H]2C[C@@H]1/C(=C\OC)C(=O)O. The molecule has 0 spiro atoms. The van der Waals surface area contributed by atoms with E-state index in [1.807, 2.05) is 12.1 Å². The highest BCUT2D eigenvalue weighted by molar-refractivity contribution is 5.92. The van der Waals surface area contributed by atoms with Crippen molar-refractivity contribution >= 4 is 16.9 Å². The second kappa shape index (κ2) is 7.75. The van der Waals surface area contributed by atoms with Crippen molar-refractivity contribution in [3.8, 4) is 5.75 Å². The molecule has 0 unspecified atom stereocenters. The van der Waals surface area contributed by atoms with Gasteiger partial charge in [0.1, 0.15) is 5.75 Å². The van der Waals surface area contributed by atoms with Crippen LogP contribution in [0.4, 0.5) is 0 Å². The summed E-state index contributed by atoms with van der Waals surface area (Å²) in [5.41, 5.74) is 4.22. The number of carbonyl (C=O) groups is 1. The van der Waals surface area contributed by atoms with E-state index >= 15 is 0 Å². The lowest BCUT2D eigenvalue weighted by Crippen LogP contribution is -2.47. The molecule has 0 amide bonds. The Hall–Kier alpha value is -2.47. The molecule has 0 saturated carbocycles. The van der Waals surface area contributed by atoms with E-state index in [4.69, 9.17) is 9.47 Å². The molecule has 2 aliphatic heterocycles. The molecule has 6 heteroatoms. The number of ether oxygens (including phenoxy) is 2. The van der Waals surface area contributed by atoms with Crippen LogP contribution in [0.5, 0.6) is 5.75 Å². The molecule has 29 heavy (non-hydrogen) atoms. The third-order valence-corrected chi connectivity index (χ3v) is 6.89. The van der Waals surface area contributed by atoms with Gasteiger partial charge in [0.25, 0.3) is 0 Å². The fourth-order valence-electron chi connectivity index (χ4n) is 5.55. The second-order valence-electron chi connectivity index (χ2n) is 8.16. The van der Waals surface area contributed by atoms with Crippen LogP contribution in [-0.2, 0) is 23.0 Å². The van der Waals surface area contributed by atoms with Gasteiger partial charge in [-0.05, 0) is 42.4 Å². The smallest absolute Gasteiger partial charge is 0.334 e. The zero-order valence-corrected chi connectivity index (χ0v) is 17.6. The van der Waals surface area contributed by atoms with Crippen LogP contribution in [0, 0.1) is 11.8 Å². The van der Waals surface area contributed by atoms with Gasteiger partial charge < -0.3 is 19.1 Å². The van der Waals surface area contributed by atoms with Crippen LogP contribution in [0.3, 0.4) is 0 Å². The number of nitrogens with zero attached hydrogens (tertiary/aromatic N) is 2. The van der Waals surface area contributed by atoms with Crippen LogP contribution < -0.4 is 4.74 Å². The number of piperidine rings is 1. The molecule has 4 rings (SSSR count). The molecular weight excluding hydrogens is 368 g/mol. The molecule has 0 radical (unpaired) electrons. The molecule has 1 N–H and O–H groups in total. The lowest BCUT2D eigenvalue weighted by Gasteiger charge is -2.46. The van der Waals surface area contributed by atoms with E-state index in [-0.39, 0.29) is 12.0 Å². The number of hydrogen-bond acceptors (Lipinski definition) is 4. The number of aromatic nitrogens is 1. The molecule has 1 fully saturated rings. The monoisotopic (exact) mass is 398 g/mol. The number of carboxylic acids is 1. The van der Waals surface area contributed by atoms with Crippen LogP contribution in [0.2, 0.25) is 0 Å². The largest absolute Gasteiger partial charge is 0.504 e. The van der Waals surface area contributed by atoms with Gasteiger partial charge in [0.15, 0.2) is 0 Å². The van der Waals surface area contributed by atoms with Gasteiger partial charge >= 0.3 is 5.97 Å². The number of methoxy groups -OCH3 is 2. The van der Waals surface area contributed by atoms with Crippen molar-refractivity contribution in [3.05, 3.63) is 41.3 Å². The van der Waals surface area contributed by atoms with Gasteiger partial charge in [-0.25, -0.2) is 4.79 Å². The highest BCUT2D eigenvalue weighted by atomic mass is 16.5. The predicted octanol–water partition coefficient (Wildman–Crippen LogP) is 3.75. The van der Waals surface area contributed by atoms with Gasteiger partial charge in [-0.3, -0.25) is 4.90 Å². The Morgan fingerprint density at radius 3 is 2.79 bits per heavy atom. The summed E-state index contributed by atoms with van der Waals surface area (Å²) in [6.45, 7) is 4.06. The Labute approximate surface area is 171 Å². The first-order chi connectivity index (χ1) is 14.0. The molecule has 1 aromatic heterocycles. The number of hydrogen-bond donors (Lipinski definition) is 1. The standard InChI is InChI=1S/C23H30N2O4/c1-5-14-12-25-10-9-15-21-18(7-6-8-20(21)29-4)24(2)22(15)19(25)11-16(14)17(13-28-3)23(26)27/h6-8,13-14,16,19H,5,9-12H2,1-4H3,(H,26,27)/b17-13+/t14-,16+,19+/m1/s1. The number of aliphatic carboxylic acids is 1. The van der Waals surface area contributed by atoms with Gasteiger partial charge in [0.2, 0.25) is 0 Å². The topological polar surface area (TPSA) is 63.9 Å². The van der Waals surface area contributed by atoms with Crippen molar-refractivity contribution in [3.63, 3.8) is 0 Å². The number of carboxylic acid groups (broad SMARTS) is 1. The van der Waals surface area contributed by atoms with E-state index < -0.39 is 5.97 Å². The van der Waals surface area contributed by atoms with Crippen molar-refractivity contribution in [2.24, 2.45) is 18.9 Å². The number of rotatable bonds is 5. The average Bonchev–Trinajstić information content (AvgIpc) is 3.03. The lowest BCUT2D eigenvalue weighted by molar-refractivity contribution is -0.134. The van der Waals surface area contributed by atoms with Crippen molar-refractivity contribution in [1.29, 1.82) is 0 Å². The predicted molar refractivity (Wildman–Crippen MR) is 112 cm³/mol. The molecule has 3 atom stereocenters. The van der Waals surface area contributed by atoms with Crippen molar-refractivity contribution in [2.75, 3.05) is 27.3 Å². The van der Waals surface area contributed by atoms with Crippen molar-refractivity contribution in [1.82, 2.24) is 9.47 Å². The molecule has 3 heterocycles. The molecule has 6 nitrogen and oxygen atoms in total. The molecule has 1 aromatic carbocycles. The Morgan fingerprint density at radius 2 is 2.14 bits per heavy atom. The van der Waals surface area contributed by atoms with Gasteiger partial charge in [-0.2, -0.15) is 0 Å². The summed E-state index contributed by atoms with van der Waals surface area (Å²) in [4.78, 5) is 14.5. The van der Waals surface area contributed by atoms with E-state index in [9.17, 15) is 9.90 Å². The van der Waals surface area contributed by atoms with Crippen LogP contribution in [-0.4, -0.2) is 47.9 Å². The molecule has 2 aliphatic rings. The maximum atomic E-state index is 12.0. The van der Waals surface area contributed by atoms with Gasteiger partial charge in [0, 0.05) is 31.2 Å². The quantitative estimate of drug-likeness (QED) is 0.614. The number of fused-ring (bicyclic) bond motifs is 5. The third-order valence-electron chi connectivity index (χ3n) is 6.89. The average molecular weight is 399 g/mol. The minimum absolute atomic E-state index is 0.0236. The maximum absolute atomic E-state index is 12.0. The highest BCUT2D eigenvalue weighted by Gasteiger charge is 2.43. The van der Waals surface area contributed by atoms with Crippen LogP contribution in [0.15, 0.2) is 30.0 Å². The Balaban J connectivity index is 1.82. The molecular formula is C23H30N2O4. The first kappa shape index (κ1) is 19.8. The summed E-state index contributed by atoms with van der Waals surface area (Å²) in [5, 5.41) is 11.0. The number of benzene rings is 1. The highest BCUT2D eigenvalue weighted by Crippen LogP contribution is 2.47. The van der Waals surface area contributed by atoms with Gasteiger partial charge in [0.05, 0.1) is 37.6 Å². The molecule has 156 valence electrons. The third kappa shape index (κ3) is 3.10. The summed E-state index contributed by atoms with van der Waals surface area (Å²) in [6.07, 6.45) is 4.17. The molecule has 0 aliphatic carbocycles. The first-order valence-electron chi connectivity index (χ1n) is 10.4. The first-order valence-corrected chi connectivity index (χ1v) is 10.4. The van der Waals surface area contributed by atoms with E-state index in [2.05, 4.69) is 29.5 Å². The Morgan fingerprint density at radius 1 is 1.34 bits per heavy atom. The zero-order valence-electron chi connectivity index (χ0n) is 17.6. The normalized spacial score (nSPS) is 24.8. The van der Waals surface area contributed by atoms with Crippen LogP contribution in [0.25, 0.3) is 10.9 Å². The number of aryl methyl sites for hydroxylation is 1. The van der Waals surface area contributed by atoms with Crippen molar-refractivity contribution < 1.29 is 19.4 Å². The van der Waals surface area contributed by atoms with E-state index in [1.54, 1.807) is 7.11 Å². The molecule has 2 aromatic rings. The van der Waals surface area contributed by atoms with E-state index in [1.165, 1.54) is 35.5 Å². The summed E-state index contributed by atoms with van der Waals surface area (Å²) in [7, 11) is 5.36. The summed E-state index contributed by atoms with van der Waals surface area (Å²) >= 11 is 0. The van der Waals surface area contributed by atoms with Gasteiger partial charge in [-0.15, -0.1) is 0 Å². The Kier molecular flexibility index (Phi) is 5.30. The summed E-state index contributed by atoms with van der Waals surface area (Å²) in [6, 6.07) is 6.40. The van der Waals surface area contributed by atoms with Crippen LogP contribution in [0.1, 0.15) is 37.1 Å². The van der Waals surface area contributed by atoms with E-state index in [0.717, 1.165) is 38.1 Å². The maximum Gasteiger partial charge on any atom is 0.334 e. The van der Waals surface area contributed by atoms with Crippen molar-refractivity contribution in [2.45, 2.75) is 32.2 Å². The van der Waals surface area contributed by atoms with Gasteiger partial charge in [-0.1, -0.05) is 19.4 Å². The zero-order chi connectivity index (χ0) is 20.7. The fourth-order valence-corrected chi connectivity index (χ4v) is 5.55. The molecule has 0 bridgehead atoms. The minimum Gasteiger partial charge on any atom is -0.504 e. The molecule has 1 saturated heterocycles.